The Morgan fingerprint density at radius 1 is 1.09 bits per heavy atom. The minimum atomic E-state index is -0.0260. The Balaban J connectivity index is 1.72. The third-order valence-corrected chi connectivity index (χ3v) is 4.33. The molecule has 1 fully saturated rings. The van der Waals surface area contributed by atoms with Gasteiger partial charge in [0.15, 0.2) is 5.43 Å². The number of carbonyl (C=O) groups is 1. The standard InChI is InChI=1S/C17H21N3O3/c21-12-11-18-7-9-19(10-8-18)17(23)13-20-6-5-16(22)14-3-1-2-4-15(14)20/h1-6,21H,7-13H2. The van der Waals surface area contributed by atoms with Crippen molar-refractivity contribution in [3.63, 3.8) is 0 Å². The quantitative estimate of drug-likeness (QED) is 0.871. The van der Waals surface area contributed by atoms with E-state index >= 15 is 0 Å². The van der Waals surface area contributed by atoms with Crippen LogP contribution in [0.15, 0.2) is 41.3 Å². The van der Waals surface area contributed by atoms with Crippen LogP contribution in [-0.4, -0.2) is 64.7 Å². The first-order chi connectivity index (χ1) is 11.2. The fraction of sp³-hybridized carbons (Fsp3) is 0.412. The van der Waals surface area contributed by atoms with E-state index in [9.17, 15) is 9.59 Å². The number of piperazine rings is 1. The number of hydrogen-bond acceptors (Lipinski definition) is 4. The Hall–Kier alpha value is -2.18. The second-order valence-electron chi connectivity index (χ2n) is 5.77. The van der Waals surface area contributed by atoms with E-state index in [0.717, 1.165) is 18.6 Å². The minimum absolute atomic E-state index is 0.0260. The molecule has 23 heavy (non-hydrogen) atoms. The molecule has 6 nitrogen and oxygen atoms in total. The number of benzene rings is 1. The molecule has 0 radical (unpaired) electrons. The largest absolute Gasteiger partial charge is 0.395 e. The molecule has 1 saturated heterocycles. The topological polar surface area (TPSA) is 65.8 Å². The molecule has 122 valence electrons. The van der Waals surface area contributed by atoms with Crippen LogP contribution >= 0.6 is 0 Å². The molecule has 1 aromatic heterocycles. The summed E-state index contributed by atoms with van der Waals surface area (Å²) in [5, 5.41) is 9.60. The molecule has 0 spiro atoms. The van der Waals surface area contributed by atoms with Gasteiger partial charge in [0.2, 0.25) is 5.91 Å². The van der Waals surface area contributed by atoms with Crippen molar-refractivity contribution in [1.82, 2.24) is 14.4 Å². The number of amides is 1. The summed E-state index contributed by atoms with van der Waals surface area (Å²) in [5.41, 5.74) is 0.759. The molecule has 1 aromatic carbocycles. The van der Waals surface area contributed by atoms with E-state index in [1.165, 1.54) is 6.07 Å². The Bertz CT molecular complexity index is 748. The van der Waals surface area contributed by atoms with Crippen LogP contribution < -0.4 is 5.43 Å². The lowest BCUT2D eigenvalue weighted by atomic mass is 10.2. The van der Waals surface area contributed by atoms with Crippen molar-refractivity contribution in [2.45, 2.75) is 6.54 Å². The van der Waals surface area contributed by atoms with Gasteiger partial charge in [-0.05, 0) is 12.1 Å². The van der Waals surface area contributed by atoms with Gasteiger partial charge >= 0.3 is 0 Å². The van der Waals surface area contributed by atoms with Gasteiger partial charge in [-0.25, -0.2) is 0 Å². The smallest absolute Gasteiger partial charge is 0.242 e. The number of hydrogen-bond donors (Lipinski definition) is 1. The number of para-hydroxylation sites is 1. The molecular weight excluding hydrogens is 294 g/mol. The van der Waals surface area contributed by atoms with Crippen LogP contribution in [0.5, 0.6) is 0 Å². The van der Waals surface area contributed by atoms with Gasteiger partial charge in [-0.1, -0.05) is 12.1 Å². The van der Waals surface area contributed by atoms with Gasteiger partial charge in [0.1, 0.15) is 6.54 Å². The van der Waals surface area contributed by atoms with Crippen LogP contribution in [0.1, 0.15) is 0 Å². The molecule has 1 amide bonds. The molecule has 1 N–H and O–H groups in total. The van der Waals surface area contributed by atoms with E-state index in [-0.39, 0.29) is 24.5 Å². The van der Waals surface area contributed by atoms with Crippen molar-refractivity contribution in [2.24, 2.45) is 0 Å². The molecule has 0 aliphatic carbocycles. The summed E-state index contributed by atoms with van der Waals surface area (Å²) in [5.74, 6) is 0.0578. The third-order valence-electron chi connectivity index (χ3n) is 4.33. The Labute approximate surface area is 134 Å². The predicted molar refractivity (Wildman–Crippen MR) is 88.3 cm³/mol. The number of aliphatic hydroxyl groups is 1. The van der Waals surface area contributed by atoms with E-state index in [0.29, 0.717) is 25.0 Å². The molecule has 0 unspecified atom stereocenters. The van der Waals surface area contributed by atoms with E-state index < -0.39 is 0 Å². The highest BCUT2D eigenvalue weighted by Gasteiger charge is 2.21. The van der Waals surface area contributed by atoms with Gasteiger partial charge in [0.05, 0.1) is 12.1 Å². The molecule has 6 heteroatoms. The fourth-order valence-corrected chi connectivity index (χ4v) is 3.01. The van der Waals surface area contributed by atoms with Crippen molar-refractivity contribution in [3.05, 3.63) is 46.8 Å². The lowest BCUT2D eigenvalue weighted by Crippen LogP contribution is -2.50. The zero-order valence-corrected chi connectivity index (χ0v) is 13.0. The van der Waals surface area contributed by atoms with Gasteiger partial charge in [0, 0.05) is 50.4 Å². The number of nitrogens with zero attached hydrogens (tertiary/aromatic N) is 3. The predicted octanol–water partition coefficient (Wildman–Crippen LogP) is 0.138. The summed E-state index contributed by atoms with van der Waals surface area (Å²) in [6.07, 6.45) is 1.69. The molecular formula is C17H21N3O3. The van der Waals surface area contributed by atoms with Crippen molar-refractivity contribution in [3.8, 4) is 0 Å². The molecule has 3 rings (SSSR count). The first-order valence-electron chi connectivity index (χ1n) is 7.88. The van der Waals surface area contributed by atoms with E-state index in [4.69, 9.17) is 5.11 Å². The summed E-state index contributed by atoms with van der Waals surface area (Å²) >= 11 is 0. The molecule has 1 aliphatic heterocycles. The van der Waals surface area contributed by atoms with E-state index in [1.807, 2.05) is 27.7 Å². The summed E-state index contributed by atoms with van der Waals surface area (Å²) in [7, 11) is 0. The van der Waals surface area contributed by atoms with Crippen molar-refractivity contribution in [1.29, 1.82) is 0 Å². The summed E-state index contributed by atoms with van der Waals surface area (Å²) in [6.45, 7) is 3.98. The Morgan fingerprint density at radius 2 is 1.83 bits per heavy atom. The normalized spacial score (nSPS) is 16.0. The number of aliphatic hydroxyl groups excluding tert-OH is 1. The second-order valence-corrected chi connectivity index (χ2v) is 5.77. The van der Waals surface area contributed by atoms with Gasteiger partial charge < -0.3 is 14.6 Å². The van der Waals surface area contributed by atoms with E-state index in [2.05, 4.69) is 4.90 Å². The first kappa shape index (κ1) is 15.7. The summed E-state index contributed by atoms with van der Waals surface area (Å²) in [4.78, 5) is 28.4. The number of β-amino-alcohol motifs (C(OH)–C–C–N with tert-alkyl or cyclic N) is 1. The lowest BCUT2D eigenvalue weighted by molar-refractivity contribution is -0.133. The summed E-state index contributed by atoms with van der Waals surface area (Å²) in [6, 6.07) is 8.86. The number of fused-ring (bicyclic) bond motifs is 1. The van der Waals surface area contributed by atoms with Crippen LogP contribution in [0.2, 0.25) is 0 Å². The molecule has 0 atom stereocenters. The minimum Gasteiger partial charge on any atom is -0.395 e. The zero-order chi connectivity index (χ0) is 16.2. The van der Waals surface area contributed by atoms with Crippen LogP contribution in [0.4, 0.5) is 0 Å². The van der Waals surface area contributed by atoms with Crippen LogP contribution in [0.3, 0.4) is 0 Å². The van der Waals surface area contributed by atoms with Gasteiger partial charge in [-0.15, -0.1) is 0 Å². The summed E-state index contributed by atoms with van der Waals surface area (Å²) < 4.78 is 1.83. The maximum Gasteiger partial charge on any atom is 0.242 e. The molecule has 2 aromatic rings. The van der Waals surface area contributed by atoms with E-state index in [1.54, 1.807) is 12.3 Å². The van der Waals surface area contributed by atoms with Crippen molar-refractivity contribution in [2.75, 3.05) is 39.3 Å². The maximum absolute atomic E-state index is 12.5. The highest BCUT2D eigenvalue weighted by Crippen LogP contribution is 2.10. The monoisotopic (exact) mass is 315 g/mol. The maximum atomic E-state index is 12.5. The molecule has 0 bridgehead atoms. The highest BCUT2D eigenvalue weighted by molar-refractivity contribution is 5.82. The molecule has 0 saturated carbocycles. The zero-order valence-electron chi connectivity index (χ0n) is 13.0. The number of aromatic nitrogens is 1. The van der Waals surface area contributed by atoms with Gasteiger partial charge in [0.25, 0.3) is 0 Å². The lowest BCUT2D eigenvalue weighted by Gasteiger charge is -2.34. The average molecular weight is 315 g/mol. The number of rotatable bonds is 4. The van der Waals surface area contributed by atoms with Crippen molar-refractivity contribution < 1.29 is 9.90 Å². The van der Waals surface area contributed by atoms with Crippen molar-refractivity contribution >= 4 is 16.8 Å². The Kier molecular flexibility index (Phi) is 4.73. The molecule has 1 aliphatic rings. The fourth-order valence-electron chi connectivity index (χ4n) is 3.01. The molecule has 2 heterocycles. The number of pyridine rings is 1. The first-order valence-corrected chi connectivity index (χ1v) is 7.88. The van der Waals surface area contributed by atoms with Gasteiger partial charge in [-0.3, -0.25) is 14.5 Å². The Morgan fingerprint density at radius 3 is 2.57 bits per heavy atom. The number of carbonyl (C=O) groups excluding carboxylic acids is 1. The second kappa shape index (κ2) is 6.93. The third kappa shape index (κ3) is 3.43. The van der Waals surface area contributed by atoms with Crippen LogP contribution in [-0.2, 0) is 11.3 Å². The van der Waals surface area contributed by atoms with Gasteiger partial charge in [-0.2, -0.15) is 0 Å². The van der Waals surface area contributed by atoms with Crippen LogP contribution in [0.25, 0.3) is 10.9 Å². The van der Waals surface area contributed by atoms with Crippen LogP contribution in [0, 0.1) is 0 Å². The highest BCUT2D eigenvalue weighted by atomic mass is 16.3. The SMILES string of the molecule is O=C(Cn1ccc(=O)c2ccccc21)N1CCN(CCO)CC1. The average Bonchev–Trinajstić information content (AvgIpc) is 2.58.